The Morgan fingerprint density at radius 1 is 1.19 bits per heavy atom. The average molecular weight is 436 g/mol. The van der Waals surface area contributed by atoms with Crippen molar-refractivity contribution in [3.8, 4) is 0 Å². The standard InChI is InChI=1S/C23H22F2N6O/c1-3-31-13-20-23(30-31)29-21(12-26-20)27-14(2)15-5-4-6-18(10-15)28-22(32)11-16-9-17(24)7-8-19(16)25/h4-10,12-14H,3,11H2,1-2H3,(H,28,32)(H,27,29,30)/t14-/m0/s1. The molecule has 7 nitrogen and oxygen atoms in total. The fraction of sp³-hybridized carbons (Fsp3) is 0.217. The maximum Gasteiger partial charge on any atom is 0.228 e. The number of hydrogen-bond acceptors (Lipinski definition) is 5. The summed E-state index contributed by atoms with van der Waals surface area (Å²) >= 11 is 0. The number of nitrogens with zero attached hydrogens (tertiary/aromatic N) is 4. The maximum atomic E-state index is 13.8. The lowest BCUT2D eigenvalue weighted by Crippen LogP contribution is -2.16. The van der Waals surface area contributed by atoms with Gasteiger partial charge in [0.2, 0.25) is 11.6 Å². The average Bonchev–Trinajstić information content (AvgIpc) is 3.19. The van der Waals surface area contributed by atoms with Crippen LogP contribution in [0, 0.1) is 11.6 Å². The number of aryl methyl sites for hydroxylation is 1. The van der Waals surface area contributed by atoms with Crippen molar-refractivity contribution in [3.63, 3.8) is 0 Å². The predicted molar refractivity (Wildman–Crippen MR) is 118 cm³/mol. The van der Waals surface area contributed by atoms with Gasteiger partial charge < -0.3 is 10.6 Å². The number of carbonyl (C=O) groups excluding carboxylic acids is 1. The summed E-state index contributed by atoms with van der Waals surface area (Å²) in [6, 6.07) is 10.2. The Kier molecular flexibility index (Phi) is 6.07. The van der Waals surface area contributed by atoms with Crippen molar-refractivity contribution >= 4 is 28.6 Å². The van der Waals surface area contributed by atoms with Crippen molar-refractivity contribution in [2.45, 2.75) is 32.9 Å². The molecule has 9 heteroatoms. The number of amides is 1. The van der Waals surface area contributed by atoms with Crippen LogP contribution in [-0.2, 0) is 17.8 Å². The van der Waals surface area contributed by atoms with E-state index in [2.05, 4.69) is 25.7 Å². The Morgan fingerprint density at radius 3 is 2.84 bits per heavy atom. The second kappa shape index (κ2) is 9.09. The molecule has 32 heavy (non-hydrogen) atoms. The lowest BCUT2D eigenvalue weighted by Gasteiger charge is -2.16. The highest BCUT2D eigenvalue weighted by atomic mass is 19.1. The number of hydrogen-bond donors (Lipinski definition) is 2. The van der Waals surface area contributed by atoms with Gasteiger partial charge in [0, 0.05) is 17.8 Å². The lowest BCUT2D eigenvalue weighted by atomic mass is 10.1. The molecule has 0 radical (unpaired) electrons. The van der Waals surface area contributed by atoms with E-state index in [-0.39, 0.29) is 18.0 Å². The fourth-order valence-corrected chi connectivity index (χ4v) is 3.32. The molecule has 4 rings (SSSR count). The molecule has 1 atom stereocenters. The zero-order chi connectivity index (χ0) is 22.7. The molecular formula is C23H22F2N6O. The number of fused-ring (bicyclic) bond motifs is 1. The van der Waals surface area contributed by atoms with Crippen LogP contribution in [0.3, 0.4) is 0 Å². The normalized spacial score (nSPS) is 12.0. The molecule has 0 unspecified atom stereocenters. The van der Waals surface area contributed by atoms with Gasteiger partial charge in [-0.15, -0.1) is 0 Å². The van der Waals surface area contributed by atoms with Gasteiger partial charge >= 0.3 is 0 Å². The number of aromatic nitrogens is 4. The smallest absolute Gasteiger partial charge is 0.228 e. The van der Waals surface area contributed by atoms with E-state index in [1.165, 1.54) is 0 Å². The van der Waals surface area contributed by atoms with E-state index in [0.29, 0.717) is 17.2 Å². The van der Waals surface area contributed by atoms with E-state index in [9.17, 15) is 13.6 Å². The first-order valence-electron chi connectivity index (χ1n) is 10.2. The SMILES string of the molecule is CCn1cc2ncc(N[C@@H](C)c3cccc(NC(=O)Cc4cc(F)ccc4F)c3)nc2n1. The van der Waals surface area contributed by atoms with Crippen molar-refractivity contribution in [3.05, 3.63) is 77.6 Å². The zero-order valence-corrected chi connectivity index (χ0v) is 17.6. The lowest BCUT2D eigenvalue weighted by molar-refractivity contribution is -0.115. The van der Waals surface area contributed by atoms with Crippen molar-refractivity contribution in [1.29, 1.82) is 0 Å². The second-order valence-corrected chi connectivity index (χ2v) is 7.40. The predicted octanol–water partition coefficient (Wildman–Crippen LogP) is 4.48. The number of rotatable bonds is 7. The third-order valence-corrected chi connectivity index (χ3v) is 4.99. The number of carbonyl (C=O) groups is 1. The molecule has 0 bridgehead atoms. The van der Waals surface area contributed by atoms with Gasteiger partial charge in [0.1, 0.15) is 23.0 Å². The van der Waals surface area contributed by atoms with E-state index in [1.54, 1.807) is 16.9 Å². The van der Waals surface area contributed by atoms with E-state index in [4.69, 9.17) is 0 Å². The quantitative estimate of drug-likeness (QED) is 0.446. The first kappa shape index (κ1) is 21.4. The van der Waals surface area contributed by atoms with E-state index < -0.39 is 17.5 Å². The fourth-order valence-electron chi connectivity index (χ4n) is 3.32. The Balaban J connectivity index is 1.43. The number of nitrogens with one attached hydrogen (secondary N) is 2. The molecule has 0 saturated heterocycles. The molecule has 0 fully saturated rings. The van der Waals surface area contributed by atoms with Crippen LogP contribution in [0.4, 0.5) is 20.3 Å². The zero-order valence-electron chi connectivity index (χ0n) is 17.6. The molecule has 0 aliphatic heterocycles. The van der Waals surface area contributed by atoms with Gasteiger partial charge in [-0.1, -0.05) is 12.1 Å². The van der Waals surface area contributed by atoms with Crippen LogP contribution in [0.2, 0.25) is 0 Å². The molecule has 4 aromatic rings. The molecule has 1 amide bonds. The highest BCUT2D eigenvalue weighted by Crippen LogP contribution is 2.22. The minimum absolute atomic E-state index is 0.00757. The van der Waals surface area contributed by atoms with Crippen LogP contribution in [-0.4, -0.2) is 25.7 Å². The summed E-state index contributed by atoms with van der Waals surface area (Å²) in [7, 11) is 0. The Bertz CT molecular complexity index is 1270. The molecule has 2 aromatic carbocycles. The summed E-state index contributed by atoms with van der Waals surface area (Å²) in [4.78, 5) is 21.2. The van der Waals surface area contributed by atoms with E-state index in [1.807, 2.05) is 38.2 Å². The minimum Gasteiger partial charge on any atom is -0.362 e. The highest BCUT2D eigenvalue weighted by molar-refractivity contribution is 5.92. The van der Waals surface area contributed by atoms with Crippen LogP contribution in [0.25, 0.3) is 11.2 Å². The third kappa shape index (κ3) is 4.88. The van der Waals surface area contributed by atoms with Gasteiger partial charge in [0.25, 0.3) is 0 Å². The largest absolute Gasteiger partial charge is 0.362 e. The molecule has 0 saturated carbocycles. The van der Waals surface area contributed by atoms with Gasteiger partial charge in [-0.25, -0.2) is 18.7 Å². The van der Waals surface area contributed by atoms with Crippen molar-refractivity contribution in [2.24, 2.45) is 0 Å². The van der Waals surface area contributed by atoms with Gasteiger partial charge in [-0.05, 0) is 49.7 Å². The topological polar surface area (TPSA) is 84.7 Å². The summed E-state index contributed by atoms with van der Waals surface area (Å²) in [5, 5.41) is 10.4. The molecule has 0 aliphatic rings. The maximum absolute atomic E-state index is 13.8. The minimum atomic E-state index is -0.616. The van der Waals surface area contributed by atoms with Crippen LogP contribution in [0.1, 0.15) is 31.0 Å². The molecule has 164 valence electrons. The monoisotopic (exact) mass is 436 g/mol. The van der Waals surface area contributed by atoms with E-state index >= 15 is 0 Å². The van der Waals surface area contributed by atoms with Crippen molar-refractivity contribution < 1.29 is 13.6 Å². The second-order valence-electron chi connectivity index (χ2n) is 7.40. The molecule has 2 N–H and O–H groups in total. The first-order valence-corrected chi connectivity index (χ1v) is 10.2. The van der Waals surface area contributed by atoms with Gasteiger partial charge in [-0.2, -0.15) is 5.10 Å². The Labute approximate surface area is 183 Å². The number of anilines is 2. The third-order valence-electron chi connectivity index (χ3n) is 4.99. The summed E-state index contributed by atoms with van der Waals surface area (Å²) in [6.07, 6.45) is 3.23. The van der Waals surface area contributed by atoms with E-state index in [0.717, 1.165) is 35.8 Å². The Morgan fingerprint density at radius 2 is 2.03 bits per heavy atom. The van der Waals surface area contributed by atoms with Crippen LogP contribution >= 0.6 is 0 Å². The van der Waals surface area contributed by atoms with Gasteiger partial charge in [0.15, 0.2) is 0 Å². The highest BCUT2D eigenvalue weighted by Gasteiger charge is 2.12. The van der Waals surface area contributed by atoms with Gasteiger partial charge in [-0.3, -0.25) is 9.48 Å². The van der Waals surface area contributed by atoms with Gasteiger partial charge in [0.05, 0.1) is 24.9 Å². The molecular weight excluding hydrogens is 414 g/mol. The van der Waals surface area contributed by atoms with Crippen LogP contribution in [0.5, 0.6) is 0 Å². The van der Waals surface area contributed by atoms with Crippen molar-refractivity contribution in [1.82, 2.24) is 19.7 Å². The first-order chi connectivity index (χ1) is 15.4. The molecule has 0 aliphatic carbocycles. The van der Waals surface area contributed by atoms with Crippen molar-refractivity contribution in [2.75, 3.05) is 10.6 Å². The summed E-state index contributed by atoms with van der Waals surface area (Å²) in [6.45, 7) is 4.69. The summed E-state index contributed by atoms with van der Waals surface area (Å²) in [5.41, 5.74) is 2.76. The van der Waals surface area contributed by atoms with Crippen LogP contribution < -0.4 is 10.6 Å². The summed E-state index contributed by atoms with van der Waals surface area (Å²) in [5.74, 6) is -1.05. The molecule has 0 spiro atoms. The number of halogens is 2. The number of benzene rings is 2. The molecule has 2 heterocycles. The summed E-state index contributed by atoms with van der Waals surface area (Å²) < 4.78 is 28.9. The van der Waals surface area contributed by atoms with Crippen LogP contribution in [0.15, 0.2) is 54.9 Å². The Hall–Kier alpha value is -3.88. The molecule has 2 aromatic heterocycles.